The summed E-state index contributed by atoms with van der Waals surface area (Å²) >= 11 is 0. The van der Waals surface area contributed by atoms with E-state index in [1.54, 1.807) is 0 Å². The number of pyridine rings is 1. The monoisotopic (exact) mass is 377 g/mol. The van der Waals surface area contributed by atoms with Gasteiger partial charge in [0.05, 0.1) is 5.92 Å². The maximum Gasteiger partial charge on any atom is 0.318 e. The number of hydrogen-bond donors (Lipinski definition) is 1. The van der Waals surface area contributed by atoms with Gasteiger partial charge in [-0.1, -0.05) is 32.4 Å². The number of H-pyrrole nitrogens is 1. The minimum Gasteiger partial charge on any atom is -0.424 e. The molecule has 4 nitrogen and oxygen atoms in total. The number of fused-ring (bicyclic) bond motifs is 1. The predicted octanol–water partition coefficient (Wildman–Crippen LogP) is 5.57. The molecule has 0 saturated heterocycles. The quantitative estimate of drug-likeness (QED) is 0.317. The molecule has 0 aliphatic carbocycles. The van der Waals surface area contributed by atoms with Gasteiger partial charge in [-0.05, 0) is 42.5 Å². The van der Waals surface area contributed by atoms with Gasteiger partial charge in [-0.25, -0.2) is 0 Å². The Morgan fingerprint density at radius 3 is 2.64 bits per heavy atom. The molecule has 0 fully saturated rings. The number of rotatable bonds is 8. The Labute approximate surface area is 166 Å². The van der Waals surface area contributed by atoms with E-state index >= 15 is 0 Å². The molecule has 3 rings (SSSR count). The van der Waals surface area contributed by atoms with Crippen molar-refractivity contribution < 1.29 is 14.1 Å². The van der Waals surface area contributed by atoms with Crippen LogP contribution in [0.4, 0.5) is 0 Å². The molecular formula is C24H29N2O2+. The van der Waals surface area contributed by atoms with Crippen LogP contribution in [0, 0.1) is 0 Å². The summed E-state index contributed by atoms with van der Waals surface area (Å²) < 4.78 is 8.00. The fraction of sp³-hybridized carbons (Fsp3) is 0.333. The normalized spacial score (nSPS) is 13.2. The maximum absolute atomic E-state index is 12.9. The highest BCUT2D eigenvalue weighted by atomic mass is 16.5. The molecule has 0 bridgehead atoms. The number of aromatic amines is 1. The number of ether oxygens (including phenoxy) is 1. The molecule has 0 aliphatic heterocycles. The fourth-order valence-electron chi connectivity index (χ4n) is 3.36. The van der Waals surface area contributed by atoms with Gasteiger partial charge in [0.25, 0.3) is 0 Å². The van der Waals surface area contributed by atoms with Crippen LogP contribution in [-0.2, 0) is 9.53 Å². The van der Waals surface area contributed by atoms with Crippen LogP contribution < -0.4 is 4.57 Å². The number of aromatic nitrogens is 2. The number of carbonyl (C=O) groups is 1. The molecule has 146 valence electrons. The maximum atomic E-state index is 12.9. The van der Waals surface area contributed by atoms with Crippen LogP contribution in [0.1, 0.15) is 57.9 Å². The average molecular weight is 378 g/mol. The Hall–Kier alpha value is -2.88. The number of allylic oxidation sites excluding steroid dienone is 2. The van der Waals surface area contributed by atoms with Gasteiger partial charge >= 0.3 is 5.97 Å². The minimum atomic E-state index is -0.325. The van der Waals surface area contributed by atoms with Gasteiger partial charge in [-0.2, -0.15) is 4.57 Å². The summed E-state index contributed by atoms with van der Waals surface area (Å²) in [4.78, 5) is 16.1. The highest BCUT2D eigenvalue weighted by molar-refractivity contribution is 5.84. The summed E-state index contributed by atoms with van der Waals surface area (Å²) in [5, 5.41) is 1.10. The highest BCUT2D eigenvalue weighted by Gasteiger charge is 2.23. The van der Waals surface area contributed by atoms with Crippen molar-refractivity contribution in [1.29, 1.82) is 0 Å². The van der Waals surface area contributed by atoms with Crippen LogP contribution in [0.5, 0.6) is 0 Å². The predicted molar refractivity (Wildman–Crippen MR) is 112 cm³/mol. The second-order valence-electron chi connectivity index (χ2n) is 7.08. The van der Waals surface area contributed by atoms with Crippen LogP contribution in [0.15, 0.2) is 66.8 Å². The summed E-state index contributed by atoms with van der Waals surface area (Å²) in [5.74, 6) is 0.218. The molecule has 0 radical (unpaired) electrons. The standard InChI is InChI=1S/C24H29N2O2/c1-4-6-10-22(26-15-8-7-9-16-26)23(5-2)28-24(27)18(3)19-11-12-21-20(17-19)13-14-25-21/h7-9,11-18,25H,4-6,10H2,1-3H3/q+1/b23-22+/t18-/m1/s1. The van der Waals surface area contributed by atoms with Crippen molar-refractivity contribution in [2.45, 2.75) is 52.4 Å². The molecule has 3 aromatic rings. The van der Waals surface area contributed by atoms with Crippen molar-refractivity contribution in [3.63, 3.8) is 0 Å². The molecule has 0 spiro atoms. The molecule has 0 amide bonds. The Morgan fingerprint density at radius 2 is 1.93 bits per heavy atom. The first kappa shape index (κ1) is 19.9. The third-order valence-electron chi connectivity index (χ3n) is 5.09. The topological polar surface area (TPSA) is 46.0 Å². The van der Waals surface area contributed by atoms with E-state index in [0.717, 1.165) is 47.2 Å². The van der Waals surface area contributed by atoms with E-state index in [-0.39, 0.29) is 11.9 Å². The van der Waals surface area contributed by atoms with Crippen molar-refractivity contribution in [1.82, 2.24) is 4.98 Å². The highest BCUT2D eigenvalue weighted by Crippen LogP contribution is 2.25. The van der Waals surface area contributed by atoms with E-state index < -0.39 is 0 Å². The number of hydrogen-bond acceptors (Lipinski definition) is 2. The lowest BCUT2D eigenvalue weighted by molar-refractivity contribution is -0.585. The smallest absolute Gasteiger partial charge is 0.318 e. The van der Waals surface area contributed by atoms with Crippen molar-refractivity contribution in [3.8, 4) is 0 Å². The first-order chi connectivity index (χ1) is 13.6. The Morgan fingerprint density at radius 1 is 1.14 bits per heavy atom. The minimum absolute atomic E-state index is 0.211. The summed E-state index contributed by atoms with van der Waals surface area (Å²) in [5.41, 5.74) is 3.10. The van der Waals surface area contributed by atoms with E-state index in [9.17, 15) is 4.79 Å². The van der Waals surface area contributed by atoms with Crippen LogP contribution in [0.2, 0.25) is 0 Å². The SMILES string of the molecule is CCCC/C(=C(/CC)OC(=O)[C@H](C)c1ccc2[nH]ccc2c1)[n+]1ccccc1. The summed E-state index contributed by atoms with van der Waals surface area (Å²) in [6.45, 7) is 6.11. The second-order valence-corrected chi connectivity index (χ2v) is 7.08. The Kier molecular flexibility index (Phi) is 6.64. The molecule has 0 aliphatic rings. The first-order valence-electron chi connectivity index (χ1n) is 10.1. The van der Waals surface area contributed by atoms with Crippen LogP contribution in [-0.4, -0.2) is 11.0 Å². The van der Waals surface area contributed by atoms with Crippen molar-refractivity contribution >= 4 is 22.6 Å². The average Bonchev–Trinajstić information content (AvgIpc) is 3.21. The Balaban J connectivity index is 1.85. The molecule has 28 heavy (non-hydrogen) atoms. The Bertz CT molecular complexity index is 957. The number of unbranched alkanes of at least 4 members (excludes halogenated alkanes) is 1. The number of carbonyl (C=O) groups excluding carboxylic acids is 1. The third-order valence-corrected chi connectivity index (χ3v) is 5.09. The van der Waals surface area contributed by atoms with Gasteiger partial charge in [0.15, 0.2) is 18.2 Å². The lowest BCUT2D eigenvalue weighted by atomic mass is 10.00. The molecule has 1 atom stereocenters. The van der Waals surface area contributed by atoms with Gasteiger partial charge in [-0.3, -0.25) is 4.79 Å². The molecule has 0 saturated carbocycles. The molecule has 2 heterocycles. The van der Waals surface area contributed by atoms with Crippen molar-refractivity contribution in [2.24, 2.45) is 0 Å². The summed E-state index contributed by atoms with van der Waals surface area (Å²) in [6.07, 6.45) is 9.64. The van der Waals surface area contributed by atoms with Crippen LogP contribution in [0.25, 0.3) is 16.6 Å². The van der Waals surface area contributed by atoms with E-state index in [0.29, 0.717) is 6.42 Å². The van der Waals surface area contributed by atoms with E-state index in [2.05, 4.69) is 22.5 Å². The van der Waals surface area contributed by atoms with Crippen molar-refractivity contribution in [3.05, 3.63) is 72.4 Å². The zero-order chi connectivity index (χ0) is 19.9. The van der Waals surface area contributed by atoms with Gasteiger partial charge in [-0.15, -0.1) is 0 Å². The fourth-order valence-corrected chi connectivity index (χ4v) is 3.36. The molecule has 1 aromatic carbocycles. The zero-order valence-corrected chi connectivity index (χ0v) is 16.9. The third kappa shape index (κ3) is 4.50. The van der Waals surface area contributed by atoms with Crippen LogP contribution >= 0.6 is 0 Å². The second kappa shape index (κ2) is 9.36. The molecule has 0 unspecified atom stereocenters. The van der Waals surface area contributed by atoms with Crippen molar-refractivity contribution in [2.75, 3.05) is 0 Å². The molecular weight excluding hydrogens is 348 g/mol. The molecule has 1 N–H and O–H groups in total. The van der Waals surface area contributed by atoms with Gasteiger partial charge in [0, 0.05) is 36.7 Å². The molecule has 4 heteroatoms. The van der Waals surface area contributed by atoms with Gasteiger partial charge in [0.1, 0.15) is 0 Å². The van der Waals surface area contributed by atoms with E-state index in [1.807, 2.05) is 68.8 Å². The summed E-state index contributed by atoms with van der Waals surface area (Å²) in [6, 6.07) is 14.1. The number of nitrogens with zero attached hydrogens (tertiary/aromatic N) is 1. The van der Waals surface area contributed by atoms with E-state index in [4.69, 9.17) is 4.74 Å². The van der Waals surface area contributed by atoms with Gasteiger partial charge < -0.3 is 9.72 Å². The summed E-state index contributed by atoms with van der Waals surface area (Å²) in [7, 11) is 0. The number of nitrogens with one attached hydrogen (secondary N) is 1. The van der Waals surface area contributed by atoms with Gasteiger partial charge in [0.2, 0.25) is 5.70 Å². The van der Waals surface area contributed by atoms with E-state index in [1.165, 1.54) is 0 Å². The lowest BCUT2D eigenvalue weighted by Gasteiger charge is -2.14. The largest absolute Gasteiger partial charge is 0.424 e. The zero-order valence-electron chi connectivity index (χ0n) is 16.9. The number of benzene rings is 1. The van der Waals surface area contributed by atoms with Crippen LogP contribution in [0.3, 0.4) is 0 Å². The molecule has 2 aromatic heterocycles. The first-order valence-corrected chi connectivity index (χ1v) is 10.1. The lowest BCUT2D eigenvalue weighted by Crippen LogP contribution is -2.33. The number of esters is 1.